The number of nitrogens with one attached hydrogen (secondary N) is 1. The second-order valence-corrected chi connectivity index (χ2v) is 8.63. The van der Waals surface area contributed by atoms with Gasteiger partial charge in [-0.15, -0.1) is 0 Å². The smallest absolute Gasteiger partial charge is 0.269 e. The number of ether oxygens (including phenoxy) is 1. The second-order valence-electron chi connectivity index (χ2n) is 8.63. The first kappa shape index (κ1) is 24.1. The van der Waals surface area contributed by atoms with E-state index in [1.54, 1.807) is 23.0 Å². The van der Waals surface area contributed by atoms with Crippen LogP contribution in [0.2, 0.25) is 0 Å². The standard InChI is InChI=1S/C27H26N6O4/c34-25(29-18-21-5-4-12-28-27(21)31-13-15-37-16-14-31)17-22-19-32(23-6-2-1-3-7-23)30-26(22)20-8-10-24(11-9-20)33(35)36/h1-12,19H,13-18H2,(H,29,34). The van der Waals surface area contributed by atoms with Crippen molar-refractivity contribution in [1.29, 1.82) is 0 Å². The molecule has 4 aromatic rings. The summed E-state index contributed by atoms with van der Waals surface area (Å²) >= 11 is 0. The van der Waals surface area contributed by atoms with Crippen molar-refractivity contribution in [3.8, 4) is 16.9 Å². The van der Waals surface area contributed by atoms with Crippen molar-refractivity contribution in [2.24, 2.45) is 0 Å². The summed E-state index contributed by atoms with van der Waals surface area (Å²) in [7, 11) is 0. The summed E-state index contributed by atoms with van der Waals surface area (Å²) in [6, 6.07) is 19.6. The normalized spacial score (nSPS) is 13.4. The number of carbonyl (C=O) groups is 1. The number of nitro benzene ring substituents is 1. The van der Waals surface area contributed by atoms with Crippen LogP contribution >= 0.6 is 0 Å². The van der Waals surface area contributed by atoms with Crippen molar-refractivity contribution >= 4 is 17.4 Å². The third-order valence-electron chi connectivity index (χ3n) is 6.17. The Balaban J connectivity index is 1.36. The van der Waals surface area contributed by atoms with Crippen molar-refractivity contribution < 1.29 is 14.5 Å². The second kappa shape index (κ2) is 11.0. The lowest BCUT2D eigenvalue weighted by Gasteiger charge is -2.29. The predicted molar refractivity (Wildman–Crippen MR) is 138 cm³/mol. The maximum atomic E-state index is 13.1. The van der Waals surface area contributed by atoms with Gasteiger partial charge in [0.05, 0.1) is 35.9 Å². The van der Waals surface area contributed by atoms with E-state index in [1.165, 1.54) is 12.1 Å². The van der Waals surface area contributed by atoms with E-state index in [0.717, 1.165) is 35.7 Å². The molecule has 1 amide bonds. The van der Waals surface area contributed by atoms with Gasteiger partial charge in [-0.1, -0.05) is 24.3 Å². The highest BCUT2D eigenvalue weighted by Crippen LogP contribution is 2.26. The fourth-order valence-electron chi connectivity index (χ4n) is 4.29. The number of nitro groups is 1. The number of hydrogen-bond donors (Lipinski definition) is 1. The first-order valence-electron chi connectivity index (χ1n) is 12.0. The Morgan fingerprint density at radius 1 is 1.00 bits per heavy atom. The van der Waals surface area contributed by atoms with Crippen LogP contribution in [-0.4, -0.2) is 51.9 Å². The molecule has 2 aromatic heterocycles. The fourth-order valence-corrected chi connectivity index (χ4v) is 4.29. The highest BCUT2D eigenvalue weighted by molar-refractivity contribution is 5.81. The first-order chi connectivity index (χ1) is 18.1. The molecule has 10 nitrogen and oxygen atoms in total. The summed E-state index contributed by atoms with van der Waals surface area (Å²) in [5, 5.41) is 18.8. The van der Waals surface area contributed by atoms with Gasteiger partial charge in [0.2, 0.25) is 5.91 Å². The Labute approximate surface area is 213 Å². The number of anilines is 1. The number of hydrogen-bond acceptors (Lipinski definition) is 7. The first-order valence-corrected chi connectivity index (χ1v) is 12.0. The Bertz CT molecular complexity index is 1380. The molecule has 0 bridgehead atoms. The topological polar surface area (TPSA) is 115 Å². The van der Waals surface area contributed by atoms with E-state index in [-0.39, 0.29) is 18.0 Å². The lowest BCUT2D eigenvalue weighted by atomic mass is 10.1. The lowest BCUT2D eigenvalue weighted by Crippen LogP contribution is -2.38. The van der Waals surface area contributed by atoms with E-state index in [2.05, 4.69) is 15.2 Å². The van der Waals surface area contributed by atoms with Gasteiger partial charge in [0.1, 0.15) is 5.82 Å². The molecule has 1 aliphatic rings. The van der Waals surface area contributed by atoms with Crippen LogP contribution in [0.15, 0.2) is 79.1 Å². The van der Waals surface area contributed by atoms with Gasteiger partial charge in [0, 0.05) is 60.9 Å². The van der Waals surface area contributed by atoms with E-state index in [1.807, 2.05) is 48.7 Å². The predicted octanol–water partition coefficient (Wildman–Crippen LogP) is 3.54. The number of non-ortho nitro benzene ring substituents is 1. The van der Waals surface area contributed by atoms with Gasteiger partial charge in [-0.05, 0) is 30.3 Å². The summed E-state index contributed by atoms with van der Waals surface area (Å²) < 4.78 is 7.16. The molecule has 5 rings (SSSR count). The molecular formula is C27H26N6O4. The quantitative estimate of drug-likeness (QED) is 0.292. The number of para-hydroxylation sites is 1. The molecule has 1 saturated heterocycles. The number of amides is 1. The van der Waals surface area contributed by atoms with E-state index >= 15 is 0 Å². The molecule has 188 valence electrons. The Kier molecular flexibility index (Phi) is 7.18. The van der Waals surface area contributed by atoms with E-state index < -0.39 is 4.92 Å². The zero-order valence-electron chi connectivity index (χ0n) is 20.1. The average molecular weight is 499 g/mol. The van der Waals surface area contributed by atoms with Crippen LogP contribution in [0.5, 0.6) is 0 Å². The number of carbonyl (C=O) groups excluding carboxylic acids is 1. The molecule has 0 atom stereocenters. The minimum absolute atomic E-state index is 0.00178. The number of morpholine rings is 1. The molecule has 1 fully saturated rings. The van der Waals surface area contributed by atoms with Crippen LogP contribution in [0.3, 0.4) is 0 Å². The van der Waals surface area contributed by atoms with Gasteiger partial charge in [-0.3, -0.25) is 14.9 Å². The van der Waals surface area contributed by atoms with E-state index in [0.29, 0.717) is 31.0 Å². The van der Waals surface area contributed by atoms with Crippen LogP contribution in [-0.2, 0) is 22.5 Å². The van der Waals surface area contributed by atoms with Crippen LogP contribution in [0, 0.1) is 10.1 Å². The van der Waals surface area contributed by atoms with Crippen LogP contribution in [0.4, 0.5) is 11.5 Å². The molecule has 0 aliphatic carbocycles. The van der Waals surface area contributed by atoms with Crippen molar-refractivity contribution in [2.75, 3.05) is 31.2 Å². The monoisotopic (exact) mass is 498 g/mol. The minimum Gasteiger partial charge on any atom is -0.378 e. The maximum absolute atomic E-state index is 13.1. The number of rotatable bonds is 8. The molecule has 3 heterocycles. The van der Waals surface area contributed by atoms with Gasteiger partial charge in [0.15, 0.2) is 0 Å². The average Bonchev–Trinajstić information content (AvgIpc) is 3.36. The molecule has 2 aromatic carbocycles. The summed E-state index contributed by atoms with van der Waals surface area (Å²) in [6.45, 7) is 3.17. The van der Waals surface area contributed by atoms with Crippen molar-refractivity contribution in [1.82, 2.24) is 20.1 Å². The van der Waals surface area contributed by atoms with Gasteiger partial charge in [-0.2, -0.15) is 5.10 Å². The molecule has 0 spiro atoms. The summed E-state index contributed by atoms with van der Waals surface area (Å²) in [5.41, 5.74) is 3.80. The molecule has 1 aliphatic heterocycles. The zero-order valence-corrected chi connectivity index (χ0v) is 20.1. The summed E-state index contributed by atoms with van der Waals surface area (Å²) in [4.78, 5) is 30.4. The lowest BCUT2D eigenvalue weighted by molar-refractivity contribution is -0.384. The Hall–Kier alpha value is -4.57. The Morgan fingerprint density at radius 3 is 2.49 bits per heavy atom. The fraction of sp³-hybridized carbons (Fsp3) is 0.222. The minimum atomic E-state index is -0.440. The molecule has 10 heteroatoms. The van der Waals surface area contributed by atoms with Crippen molar-refractivity contribution in [2.45, 2.75) is 13.0 Å². The van der Waals surface area contributed by atoms with Gasteiger partial charge in [0.25, 0.3) is 5.69 Å². The summed E-state index contributed by atoms with van der Waals surface area (Å²) in [5.74, 6) is 0.696. The van der Waals surface area contributed by atoms with Gasteiger partial charge >= 0.3 is 0 Å². The van der Waals surface area contributed by atoms with Gasteiger partial charge in [-0.25, -0.2) is 9.67 Å². The number of pyridine rings is 1. The molecule has 37 heavy (non-hydrogen) atoms. The van der Waals surface area contributed by atoms with E-state index in [4.69, 9.17) is 9.84 Å². The van der Waals surface area contributed by atoms with Crippen LogP contribution in [0.1, 0.15) is 11.1 Å². The van der Waals surface area contributed by atoms with Crippen molar-refractivity contribution in [3.05, 3.63) is 100 Å². The largest absolute Gasteiger partial charge is 0.378 e. The van der Waals surface area contributed by atoms with Crippen molar-refractivity contribution in [3.63, 3.8) is 0 Å². The molecule has 0 radical (unpaired) electrons. The zero-order chi connectivity index (χ0) is 25.6. The molecule has 0 unspecified atom stereocenters. The van der Waals surface area contributed by atoms with Crippen LogP contribution < -0.4 is 10.2 Å². The summed E-state index contributed by atoms with van der Waals surface area (Å²) in [6.07, 6.45) is 3.69. The van der Waals surface area contributed by atoms with E-state index in [9.17, 15) is 14.9 Å². The number of aromatic nitrogens is 3. The molecule has 0 saturated carbocycles. The molecule has 1 N–H and O–H groups in total. The maximum Gasteiger partial charge on any atom is 0.269 e. The highest BCUT2D eigenvalue weighted by Gasteiger charge is 2.19. The Morgan fingerprint density at radius 2 is 1.76 bits per heavy atom. The molecular weight excluding hydrogens is 472 g/mol. The van der Waals surface area contributed by atoms with Crippen LogP contribution in [0.25, 0.3) is 16.9 Å². The number of nitrogens with zero attached hydrogens (tertiary/aromatic N) is 5. The number of benzene rings is 2. The van der Waals surface area contributed by atoms with Gasteiger partial charge < -0.3 is 15.0 Å². The third-order valence-corrected chi connectivity index (χ3v) is 6.17. The SMILES string of the molecule is O=C(Cc1cn(-c2ccccc2)nc1-c1ccc([N+](=O)[O-])cc1)NCc1cccnc1N1CCOCC1. The third kappa shape index (κ3) is 5.65. The highest BCUT2D eigenvalue weighted by atomic mass is 16.6.